The first kappa shape index (κ1) is 12.2. The maximum atomic E-state index is 3.66. The van der Waals surface area contributed by atoms with Crippen LogP contribution in [0.25, 0.3) is 0 Å². The van der Waals surface area contributed by atoms with Crippen molar-refractivity contribution in [2.45, 2.75) is 12.8 Å². The average molecular weight is 372 g/mol. The monoisotopic (exact) mass is 370 g/mol. The summed E-state index contributed by atoms with van der Waals surface area (Å²) in [6.07, 6.45) is 13.1. The van der Waals surface area contributed by atoms with Crippen molar-refractivity contribution < 1.29 is 0 Å². The van der Waals surface area contributed by atoms with Gasteiger partial charge >= 0.3 is 0 Å². The topological polar surface area (TPSA) is 0 Å². The third kappa shape index (κ3) is 1.43. The van der Waals surface area contributed by atoms with Gasteiger partial charge in [0.1, 0.15) is 0 Å². The fraction of sp³-hybridized carbons (Fsp3) is 0.750. The largest absolute Gasteiger partial charge is 0.0928 e. The smallest absolute Gasteiger partial charge is 0.00343 e. The van der Waals surface area contributed by atoms with Gasteiger partial charge < -0.3 is 0 Å². The van der Waals surface area contributed by atoms with Crippen molar-refractivity contribution in [2.24, 2.45) is 47.3 Å². The van der Waals surface area contributed by atoms with Crippen LogP contribution in [0.15, 0.2) is 24.3 Å². The standard InChI is InChI=1S/C16H20Br2/c17-7-5-9-11-1-2-12-10(6-8-18)14-4-3-13(9)16(14)15(11)12/h1-4,9-16H,5-8H2/t9?,10?,11-,12-,13-,14+,15?,16?/m0/s1. The van der Waals surface area contributed by atoms with Crippen LogP contribution in [0, 0.1) is 47.3 Å². The van der Waals surface area contributed by atoms with Crippen LogP contribution in [-0.2, 0) is 0 Å². The van der Waals surface area contributed by atoms with Crippen LogP contribution in [0.4, 0.5) is 0 Å². The normalized spacial score (nSPS) is 54.6. The molecule has 18 heavy (non-hydrogen) atoms. The molecule has 0 aromatic carbocycles. The highest BCUT2D eigenvalue weighted by Crippen LogP contribution is 2.68. The number of rotatable bonds is 4. The molecular weight excluding hydrogens is 352 g/mol. The Hall–Kier alpha value is 0.440. The number of halogens is 2. The summed E-state index contributed by atoms with van der Waals surface area (Å²) < 4.78 is 0. The van der Waals surface area contributed by atoms with E-state index in [4.69, 9.17) is 0 Å². The van der Waals surface area contributed by atoms with Crippen LogP contribution in [0.3, 0.4) is 0 Å². The van der Waals surface area contributed by atoms with Gasteiger partial charge in [-0.1, -0.05) is 56.2 Å². The van der Waals surface area contributed by atoms with Crippen LogP contribution in [-0.4, -0.2) is 10.7 Å². The summed E-state index contributed by atoms with van der Waals surface area (Å²) >= 11 is 7.32. The molecule has 0 aliphatic heterocycles. The van der Waals surface area contributed by atoms with Gasteiger partial charge in [0.05, 0.1) is 0 Å². The zero-order valence-corrected chi connectivity index (χ0v) is 13.7. The fourth-order valence-electron chi connectivity index (χ4n) is 5.81. The van der Waals surface area contributed by atoms with Crippen molar-refractivity contribution in [2.75, 3.05) is 10.7 Å². The summed E-state index contributed by atoms with van der Waals surface area (Å²) in [5.41, 5.74) is 0. The summed E-state index contributed by atoms with van der Waals surface area (Å²) in [6.45, 7) is 0. The molecule has 0 bridgehead atoms. The van der Waals surface area contributed by atoms with Crippen molar-refractivity contribution in [3.63, 3.8) is 0 Å². The minimum absolute atomic E-state index is 0.898. The molecule has 0 spiro atoms. The molecule has 4 unspecified atom stereocenters. The van der Waals surface area contributed by atoms with Crippen molar-refractivity contribution in [3.8, 4) is 0 Å². The van der Waals surface area contributed by atoms with Crippen molar-refractivity contribution in [3.05, 3.63) is 24.3 Å². The van der Waals surface area contributed by atoms with E-state index in [1.165, 1.54) is 23.5 Å². The molecule has 0 aromatic rings. The quantitative estimate of drug-likeness (QED) is 0.498. The number of allylic oxidation sites excluding steroid dienone is 4. The Morgan fingerprint density at radius 2 is 0.944 bits per heavy atom. The Balaban J connectivity index is 1.68. The molecule has 0 saturated heterocycles. The molecule has 2 fully saturated rings. The van der Waals surface area contributed by atoms with Crippen LogP contribution >= 0.6 is 31.9 Å². The first-order valence-corrected chi connectivity index (χ1v) is 9.59. The second-order valence-corrected chi connectivity index (χ2v) is 8.10. The zero-order valence-electron chi connectivity index (χ0n) is 10.5. The lowest BCUT2D eigenvalue weighted by atomic mass is 9.81. The maximum Gasteiger partial charge on any atom is 0.00343 e. The average Bonchev–Trinajstić information content (AvgIpc) is 3.04. The third-order valence-corrected chi connectivity index (χ3v) is 7.11. The molecule has 0 nitrogen and oxygen atoms in total. The Morgan fingerprint density at radius 3 is 1.22 bits per heavy atom. The predicted octanol–water partition coefficient (Wildman–Crippen LogP) is 4.65. The SMILES string of the molecule is BrCCC1[C@H]2C=C[C@H]3C(CCBr)[C@@H]4C=C[C@@H]1C4C23. The first-order valence-electron chi connectivity index (χ1n) is 7.35. The van der Waals surface area contributed by atoms with E-state index in [0.717, 1.165) is 47.3 Å². The number of hydrogen-bond acceptors (Lipinski definition) is 0. The highest BCUT2D eigenvalue weighted by molar-refractivity contribution is 9.09. The molecule has 2 saturated carbocycles. The van der Waals surface area contributed by atoms with Gasteiger partial charge in [-0.2, -0.15) is 0 Å². The van der Waals surface area contributed by atoms with Gasteiger partial charge in [-0.25, -0.2) is 0 Å². The van der Waals surface area contributed by atoms with Crippen molar-refractivity contribution in [1.29, 1.82) is 0 Å². The van der Waals surface area contributed by atoms with E-state index >= 15 is 0 Å². The third-order valence-electron chi connectivity index (χ3n) is 6.20. The van der Waals surface area contributed by atoms with Crippen LogP contribution in [0.2, 0.25) is 0 Å². The molecular formula is C16H20Br2. The second-order valence-electron chi connectivity index (χ2n) is 6.52. The second kappa shape index (κ2) is 4.48. The lowest BCUT2D eigenvalue weighted by Gasteiger charge is -2.24. The van der Waals surface area contributed by atoms with Gasteiger partial charge in [0.15, 0.2) is 0 Å². The van der Waals surface area contributed by atoms with Crippen LogP contribution < -0.4 is 0 Å². The van der Waals surface area contributed by atoms with E-state index < -0.39 is 0 Å². The molecule has 98 valence electrons. The first-order chi connectivity index (χ1) is 8.86. The van der Waals surface area contributed by atoms with Crippen LogP contribution in [0.5, 0.6) is 0 Å². The molecule has 0 N–H and O–H groups in total. The highest BCUT2D eigenvalue weighted by atomic mass is 79.9. The summed E-state index contributed by atoms with van der Waals surface area (Å²) in [5.74, 6) is 7.42. The minimum atomic E-state index is 0.898. The Morgan fingerprint density at radius 1 is 0.611 bits per heavy atom. The lowest BCUT2D eigenvalue weighted by Crippen LogP contribution is -2.19. The highest BCUT2D eigenvalue weighted by Gasteiger charge is 2.63. The lowest BCUT2D eigenvalue weighted by molar-refractivity contribution is 0.287. The van der Waals surface area contributed by atoms with E-state index in [1.54, 1.807) is 0 Å². The van der Waals surface area contributed by atoms with Gasteiger partial charge in [-0.15, -0.1) is 0 Å². The summed E-state index contributed by atoms with van der Waals surface area (Å²) in [6, 6.07) is 0. The summed E-state index contributed by atoms with van der Waals surface area (Å²) in [5, 5.41) is 2.35. The number of hydrogen-bond donors (Lipinski definition) is 0. The molecule has 4 aliphatic carbocycles. The van der Waals surface area contributed by atoms with E-state index in [0.29, 0.717) is 0 Å². The molecule has 4 aliphatic rings. The zero-order chi connectivity index (χ0) is 12.3. The minimum Gasteiger partial charge on any atom is -0.0928 e. The Labute approximate surface area is 127 Å². The molecule has 0 amide bonds. The van der Waals surface area contributed by atoms with E-state index in [9.17, 15) is 0 Å². The van der Waals surface area contributed by atoms with Crippen molar-refractivity contribution in [1.82, 2.24) is 0 Å². The predicted molar refractivity (Wildman–Crippen MR) is 83.0 cm³/mol. The fourth-order valence-corrected chi connectivity index (χ4v) is 6.87. The van der Waals surface area contributed by atoms with Gasteiger partial charge in [-0.05, 0) is 60.2 Å². The Bertz CT molecular complexity index is 334. The maximum absolute atomic E-state index is 3.66. The molecule has 4 rings (SSSR count). The van der Waals surface area contributed by atoms with Gasteiger partial charge in [0.2, 0.25) is 0 Å². The summed E-state index contributed by atoms with van der Waals surface area (Å²) in [7, 11) is 0. The van der Waals surface area contributed by atoms with Gasteiger partial charge in [0, 0.05) is 10.7 Å². The molecule has 2 heteroatoms. The van der Waals surface area contributed by atoms with E-state index in [1.807, 2.05) is 0 Å². The van der Waals surface area contributed by atoms with E-state index in [2.05, 4.69) is 56.2 Å². The number of alkyl halides is 2. The van der Waals surface area contributed by atoms with Crippen molar-refractivity contribution >= 4 is 31.9 Å². The van der Waals surface area contributed by atoms with Crippen LogP contribution in [0.1, 0.15) is 12.8 Å². The molecule has 0 heterocycles. The molecule has 0 radical (unpaired) electrons. The molecule has 8 atom stereocenters. The molecule has 0 aromatic heterocycles. The van der Waals surface area contributed by atoms with E-state index in [-0.39, 0.29) is 0 Å². The summed E-state index contributed by atoms with van der Waals surface area (Å²) in [4.78, 5) is 0. The Kier molecular flexibility index (Phi) is 3.04. The van der Waals surface area contributed by atoms with Gasteiger partial charge in [-0.3, -0.25) is 0 Å². The van der Waals surface area contributed by atoms with Gasteiger partial charge in [0.25, 0.3) is 0 Å².